The van der Waals surface area contributed by atoms with E-state index in [2.05, 4.69) is 38.0 Å². The largest absolute Gasteiger partial charge is 0.281 e. The van der Waals surface area contributed by atoms with Gasteiger partial charge < -0.3 is 0 Å². The van der Waals surface area contributed by atoms with E-state index in [1.54, 1.807) is 18.6 Å². The Morgan fingerprint density at radius 3 is 3.27 bits per heavy atom. The van der Waals surface area contributed by atoms with Crippen molar-refractivity contribution in [3.8, 4) is 0 Å². The SMILES string of the molecule is C=C(Br)/C=N\C=C1/CC=NN1. The lowest BCUT2D eigenvalue weighted by atomic mass is 10.4. The first-order chi connectivity index (χ1) is 5.29. The minimum atomic E-state index is 0.758. The molecular formula is C7H8BrN3. The molecule has 0 bridgehead atoms. The minimum Gasteiger partial charge on any atom is -0.281 e. The van der Waals surface area contributed by atoms with Crippen LogP contribution in [-0.2, 0) is 0 Å². The molecule has 1 aliphatic rings. The predicted molar refractivity (Wildman–Crippen MR) is 50.9 cm³/mol. The predicted octanol–water partition coefficient (Wildman–Crippen LogP) is 1.79. The molecule has 0 aromatic rings. The molecule has 0 amide bonds. The van der Waals surface area contributed by atoms with E-state index in [-0.39, 0.29) is 0 Å². The quantitative estimate of drug-likeness (QED) is 0.699. The molecule has 0 spiro atoms. The summed E-state index contributed by atoms with van der Waals surface area (Å²) in [6, 6.07) is 0. The summed E-state index contributed by atoms with van der Waals surface area (Å²) in [7, 11) is 0. The molecule has 0 aliphatic carbocycles. The summed E-state index contributed by atoms with van der Waals surface area (Å²) in [4.78, 5) is 3.98. The van der Waals surface area contributed by atoms with Gasteiger partial charge in [0.15, 0.2) is 0 Å². The highest BCUT2D eigenvalue weighted by molar-refractivity contribution is 9.12. The summed E-state index contributed by atoms with van der Waals surface area (Å²) >= 11 is 3.16. The Labute approximate surface area is 73.7 Å². The molecule has 0 aromatic heterocycles. The lowest BCUT2D eigenvalue weighted by Crippen LogP contribution is -1.95. The zero-order valence-electron chi connectivity index (χ0n) is 5.92. The van der Waals surface area contributed by atoms with E-state index in [0.29, 0.717) is 0 Å². The van der Waals surface area contributed by atoms with Crippen molar-refractivity contribution in [2.45, 2.75) is 6.42 Å². The third kappa shape index (κ3) is 3.13. The highest BCUT2D eigenvalue weighted by atomic mass is 79.9. The Kier molecular flexibility index (Phi) is 3.04. The summed E-state index contributed by atoms with van der Waals surface area (Å²) in [6.45, 7) is 3.61. The van der Waals surface area contributed by atoms with Crippen LogP contribution in [-0.4, -0.2) is 12.4 Å². The van der Waals surface area contributed by atoms with Crippen LogP contribution in [0.15, 0.2) is 33.1 Å². The van der Waals surface area contributed by atoms with Crippen LogP contribution in [0, 0.1) is 0 Å². The number of halogens is 1. The molecule has 4 heteroatoms. The van der Waals surface area contributed by atoms with Gasteiger partial charge in [0.25, 0.3) is 0 Å². The van der Waals surface area contributed by atoms with Gasteiger partial charge in [-0.25, -0.2) is 0 Å². The number of hydrogen-bond acceptors (Lipinski definition) is 3. The highest BCUT2D eigenvalue weighted by Gasteiger charge is 1.96. The number of aliphatic imine (C=N–C) groups is 1. The van der Waals surface area contributed by atoms with E-state index < -0.39 is 0 Å². The van der Waals surface area contributed by atoms with E-state index in [9.17, 15) is 0 Å². The molecule has 0 radical (unpaired) electrons. The summed E-state index contributed by atoms with van der Waals surface area (Å²) < 4.78 is 0.758. The van der Waals surface area contributed by atoms with Crippen molar-refractivity contribution in [3.05, 3.63) is 23.0 Å². The minimum absolute atomic E-state index is 0.758. The number of hydrogen-bond donors (Lipinski definition) is 1. The second kappa shape index (κ2) is 4.08. The van der Waals surface area contributed by atoms with E-state index in [1.165, 1.54) is 0 Å². The summed E-state index contributed by atoms with van der Waals surface area (Å²) in [5.41, 5.74) is 3.80. The zero-order valence-corrected chi connectivity index (χ0v) is 7.50. The molecule has 0 unspecified atom stereocenters. The molecule has 1 aliphatic heterocycles. The smallest absolute Gasteiger partial charge is 0.0572 e. The molecule has 1 heterocycles. The first kappa shape index (κ1) is 8.20. The number of nitrogens with one attached hydrogen (secondary N) is 1. The van der Waals surface area contributed by atoms with E-state index in [1.807, 2.05) is 0 Å². The average Bonchev–Trinajstić information content (AvgIpc) is 2.39. The summed E-state index contributed by atoms with van der Waals surface area (Å²) in [5, 5.41) is 3.81. The van der Waals surface area contributed by atoms with Crippen molar-refractivity contribution in [2.75, 3.05) is 0 Å². The standard InChI is InChI=1S/C7H8BrN3/c1-6(8)4-9-5-7-2-3-10-11-7/h3-5,11H,1-2H2/b7-5+,9-4-. The van der Waals surface area contributed by atoms with Crippen LogP contribution in [0.2, 0.25) is 0 Å². The van der Waals surface area contributed by atoms with Crippen molar-refractivity contribution >= 4 is 28.4 Å². The van der Waals surface area contributed by atoms with E-state index in [0.717, 1.165) is 16.6 Å². The Morgan fingerprint density at radius 1 is 1.91 bits per heavy atom. The summed E-state index contributed by atoms with van der Waals surface area (Å²) in [5.74, 6) is 0. The van der Waals surface area contributed by atoms with Crippen LogP contribution in [0.25, 0.3) is 0 Å². The molecule has 0 fully saturated rings. The van der Waals surface area contributed by atoms with Gasteiger partial charge in [0, 0.05) is 29.5 Å². The molecular weight excluding hydrogens is 206 g/mol. The Balaban J connectivity index is 2.41. The van der Waals surface area contributed by atoms with Crippen molar-refractivity contribution < 1.29 is 0 Å². The normalized spacial score (nSPS) is 19.5. The molecule has 0 aromatic carbocycles. The maximum atomic E-state index is 3.98. The lowest BCUT2D eigenvalue weighted by molar-refractivity contribution is 0.919. The van der Waals surface area contributed by atoms with Crippen LogP contribution in [0.4, 0.5) is 0 Å². The molecule has 1 N–H and O–H groups in total. The fourth-order valence-corrected chi connectivity index (χ4v) is 0.726. The molecule has 0 saturated carbocycles. The molecule has 11 heavy (non-hydrogen) atoms. The number of hydrazone groups is 1. The zero-order chi connectivity index (χ0) is 8.10. The van der Waals surface area contributed by atoms with Gasteiger partial charge in [-0.05, 0) is 15.9 Å². The topological polar surface area (TPSA) is 36.8 Å². The fourth-order valence-electron chi connectivity index (χ4n) is 0.608. The van der Waals surface area contributed by atoms with Gasteiger partial charge in [0.05, 0.1) is 5.70 Å². The maximum Gasteiger partial charge on any atom is 0.0572 e. The first-order valence-electron chi connectivity index (χ1n) is 3.13. The highest BCUT2D eigenvalue weighted by Crippen LogP contribution is 2.01. The third-order valence-corrected chi connectivity index (χ3v) is 1.26. The lowest BCUT2D eigenvalue weighted by Gasteiger charge is -1.90. The fraction of sp³-hybridized carbons (Fsp3) is 0.143. The van der Waals surface area contributed by atoms with Gasteiger partial charge >= 0.3 is 0 Å². The number of rotatable bonds is 2. The van der Waals surface area contributed by atoms with Gasteiger partial charge in [0.1, 0.15) is 0 Å². The second-order valence-electron chi connectivity index (χ2n) is 2.01. The van der Waals surface area contributed by atoms with Gasteiger partial charge in [-0.3, -0.25) is 10.4 Å². The monoisotopic (exact) mass is 213 g/mol. The van der Waals surface area contributed by atoms with Gasteiger partial charge in [-0.2, -0.15) is 5.10 Å². The number of nitrogens with zero attached hydrogens (tertiary/aromatic N) is 2. The van der Waals surface area contributed by atoms with E-state index in [4.69, 9.17) is 0 Å². The van der Waals surface area contributed by atoms with Crippen LogP contribution < -0.4 is 5.43 Å². The molecule has 1 rings (SSSR count). The van der Waals surface area contributed by atoms with Crippen LogP contribution in [0.5, 0.6) is 0 Å². The van der Waals surface area contributed by atoms with E-state index >= 15 is 0 Å². The maximum absolute atomic E-state index is 3.98. The molecule has 0 saturated heterocycles. The third-order valence-electron chi connectivity index (χ3n) is 1.06. The summed E-state index contributed by atoms with van der Waals surface area (Å²) in [6.07, 6.45) is 5.98. The van der Waals surface area contributed by atoms with Crippen molar-refractivity contribution in [1.82, 2.24) is 5.43 Å². The Morgan fingerprint density at radius 2 is 2.73 bits per heavy atom. The first-order valence-corrected chi connectivity index (χ1v) is 3.92. The molecule has 3 nitrogen and oxygen atoms in total. The van der Waals surface area contributed by atoms with Crippen molar-refractivity contribution in [3.63, 3.8) is 0 Å². The van der Waals surface area contributed by atoms with Gasteiger partial charge in [0.2, 0.25) is 0 Å². The Bertz CT molecular complexity index is 230. The molecule has 58 valence electrons. The van der Waals surface area contributed by atoms with Gasteiger partial charge in [-0.15, -0.1) is 0 Å². The second-order valence-corrected chi connectivity index (χ2v) is 3.03. The van der Waals surface area contributed by atoms with Crippen molar-refractivity contribution in [1.29, 1.82) is 0 Å². The van der Waals surface area contributed by atoms with Crippen LogP contribution in [0.3, 0.4) is 0 Å². The van der Waals surface area contributed by atoms with Crippen LogP contribution >= 0.6 is 15.9 Å². The molecule has 0 atom stereocenters. The van der Waals surface area contributed by atoms with Crippen molar-refractivity contribution in [2.24, 2.45) is 10.1 Å². The Hall–Kier alpha value is -0.900. The number of allylic oxidation sites excluding steroid dienone is 2. The average molecular weight is 214 g/mol. The van der Waals surface area contributed by atoms with Crippen LogP contribution in [0.1, 0.15) is 6.42 Å². The van der Waals surface area contributed by atoms with Gasteiger partial charge in [-0.1, -0.05) is 6.58 Å².